The van der Waals surface area contributed by atoms with Crippen molar-refractivity contribution in [3.63, 3.8) is 0 Å². The molecule has 2 aromatic rings. The fourth-order valence-electron chi connectivity index (χ4n) is 5.08. The third-order valence-corrected chi connectivity index (χ3v) is 7.05. The fraction of sp³-hybridized carbons (Fsp3) is 0.517. The average Bonchev–Trinajstić information content (AvgIpc) is 2.87. The summed E-state index contributed by atoms with van der Waals surface area (Å²) in [5.41, 5.74) is -6.13. The van der Waals surface area contributed by atoms with Crippen molar-refractivity contribution in [1.29, 1.82) is 0 Å². The van der Waals surface area contributed by atoms with Crippen LogP contribution in [0.15, 0.2) is 36.4 Å². The summed E-state index contributed by atoms with van der Waals surface area (Å²) in [6, 6.07) is 0.971. The van der Waals surface area contributed by atoms with Crippen LogP contribution in [0.4, 0.5) is 54.8 Å². The van der Waals surface area contributed by atoms with Gasteiger partial charge in [0, 0.05) is 12.6 Å². The second-order valence-corrected chi connectivity index (χ2v) is 11.7. The van der Waals surface area contributed by atoms with Gasteiger partial charge in [0.15, 0.2) is 0 Å². The van der Waals surface area contributed by atoms with Gasteiger partial charge in [-0.15, -0.1) is 0 Å². The van der Waals surface area contributed by atoms with E-state index in [-0.39, 0.29) is 23.7 Å². The number of benzene rings is 2. The van der Waals surface area contributed by atoms with Gasteiger partial charge in [0.05, 0.1) is 41.6 Å². The summed E-state index contributed by atoms with van der Waals surface area (Å²) < 4.78 is 133. The Morgan fingerprint density at radius 1 is 0.864 bits per heavy atom. The van der Waals surface area contributed by atoms with Crippen LogP contribution in [0.2, 0.25) is 0 Å². The predicted molar refractivity (Wildman–Crippen MR) is 141 cm³/mol. The molecular formula is C29H31F9N2O4. The molecule has 1 heterocycles. The maximum Gasteiger partial charge on any atom is 0.416 e. The second kappa shape index (κ2) is 12.0. The van der Waals surface area contributed by atoms with E-state index in [1.807, 2.05) is 0 Å². The van der Waals surface area contributed by atoms with Crippen molar-refractivity contribution in [3.8, 4) is 0 Å². The smallest absolute Gasteiger partial charge is 0.416 e. The summed E-state index contributed by atoms with van der Waals surface area (Å²) >= 11 is 0. The summed E-state index contributed by atoms with van der Waals surface area (Å²) in [6.45, 7) is 7.37. The SMILES string of the molecule is COC(=O)N(Cc1cc(C(F)(F)F)cc(C(F)(F)F)c1)[C@H]1C[C@@H](C(C)(C)C)N(C(=O)OC(C)C)c2ccc(C(F)(F)F)cc21. The van der Waals surface area contributed by atoms with Crippen LogP contribution in [0.25, 0.3) is 0 Å². The molecule has 244 valence electrons. The van der Waals surface area contributed by atoms with Crippen molar-refractivity contribution in [3.05, 3.63) is 64.2 Å². The van der Waals surface area contributed by atoms with Crippen LogP contribution in [0.1, 0.15) is 74.9 Å². The Hall–Kier alpha value is -3.65. The van der Waals surface area contributed by atoms with Gasteiger partial charge in [0.2, 0.25) is 0 Å². The van der Waals surface area contributed by atoms with Gasteiger partial charge < -0.3 is 9.47 Å². The van der Waals surface area contributed by atoms with Gasteiger partial charge in [0.25, 0.3) is 0 Å². The lowest BCUT2D eigenvalue weighted by Gasteiger charge is -2.48. The highest BCUT2D eigenvalue weighted by Gasteiger charge is 2.47. The Bertz CT molecular complexity index is 1350. The summed E-state index contributed by atoms with van der Waals surface area (Å²) in [5, 5.41) is 0. The van der Waals surface area contributed by atoms with Crippen LogP contribution < -0.4 is 4.90 Å². The molecule has 1 aliphatic rings. The molecule has 44 heavy (non-hydrogen) atoms. The molecular weight excluding hydrogens is 611 g/mol. The average molecular weight is 643 g/mol. The van der Waals surface area contributed by atoms with Crippen LogP contribution in [0.5, 0.6) is 0 Å². The van der Waals surface area contributed by atoms with Crippen molar-refractivity contribution < 1.29 is 58.6 Å². The standard InChI is InChI=1S/C29H31F9N2O4/c1-15(2)44-25(42)40-21-8-7-17(27(30,31)32)12-20(21)22(13-23(40)26(3,4)5)39(24(41)43-6)14-16-9-18(28(33,34)35)11-19(10-16)29(36,37)38/h7-12,15,22-23H,13-14H2,1-6H3/t22-,23-/m0/s1. The number of amides is 2. The number of methoxy groups -OCH3 is 1. The first-order chi connectivity index (χ1) is 19.9. The zero-order valence-electron chi connectivity index (χ0n) is 24.5. The van der Waals surface area contributed by atoms with Crippen molar-refractivity contribution in [2.24, 2.45) is 5.41 Å². The van der Waals surface area contributed by atoms with E-state index in [1.165, 1.54) is 0 Å². The minimum Gasteiger partial charge on any atom is -0.453 e. The molecule has 0 aromatic heterocycles. The molecule has 0 N–H and O–H groups in total. The molecule has 2 amide bonds. The molecule has 6 nitrogen and oxygen atoms in total. The maximum absolute atomic E-state index is 13.8. The Kier molecular flexibility index (Phi) is 9.53. The van der Waals surface area contributed by atoms with E-state index in [2.05, 4.69) is 0 Å². The highest BCUT2D eigenvalue weighted by atomic mass is 19.4. The molecule has 2 atom stereocenters. The van der Waals surface area contributed by atoms with Crippen LogP contribution in [-0.4, -0.2) is 36.3 Å². The number of alkyl halides is 9. The lowest BCUT2D eigenvalue weighted by Crippen LogP contribution is -2.54. The van der Waals surface area contributed by atoms with E-state index in [0.29, 0.717) is 18.2 Å². The third-order valence-electron chi connectivity index (χ3n) is 7.05. The number of hydrogen-bond acceptors (Lipinski definition) is 4. The number of carbonyl (C=O) groups is 2. The molecule has 0 saturated heterocycles. The Morgan fingerprint density at radius 3 is 1.82 bits per heavy atom. The highest BCUT2D eigenvalue weighted by Crippen LogP contribution is 2.48. The van der Waals surface area contributed by atoms with Crippen molar-refractivity contribution in [2.45, 2.75) is 84.3 Å². The maximum atomic E-state index is 13.8. The van der Waals surface area contributed by atoms with Crippen LogP contribution >= 0.6 is 0 Å². The molecule has 0 fully saturated rings. The largest absolute Gasteiger partial charge is 0.453 e. The van der Waals surface area contributed by atoms with Gasteiger partial charge >= 0.3 is 30.7 Å². The summed E-state index contributed by atoms with van der Waals surface area (Å²) in [5.74, 6) is 0. The van der Waals surface area contributed by atoms with E-state index in [4.69, 9.17) is 9.47 Å². The molecule has 0 radical (unpaired) electrons. The molecule has 3 rings (SSSR count). The molecule has 2 aromatic carbocycles. The summed E-state index contributed by atoms with van der Waals surface area (Å²) in [6.07, 6.45) is -18.2. The van der Waals surface area contributed by atoms with Gasteiger partial charge in [-0.3, -0.25) is 9.80 Å². The predicted octanol–water partition coefficient (Wildman–Crippen LogP) is 9.22. The first-order valence-corrected chi connectivity index (χ1v) is 13.3. The van der Waals surface area contributed by atoms with E-state index >= 15 is 0 Å². The first-order valence-electron chi connectivity index (χ1n) is 13.3. The number of carbonyl (C=O) groups excluding carboxylic acids is 2. The van der Waals surface area contributed by atoms with Gasteiger partial charge in [0.1, 0.15) is 0 Å². The Balaban J connectivity index is 2.30. The molecule has 15 heteroatoms. The van der Waals surface area contributed by atoms with Crippen LogP contribution in [0, 0.1) is 5.41 Å². The van der Waals surface area contributed by atoms with Gasteiger partial charge in [-0.25, -0.2) is 9.59 Å². The number of hydrogen-bond donors (Lipinski definition) is 0. The van der Waals surface area contributed by atoms with E-state index in [1.54, 1.807) is 34.6 Å². The second-order valence-electron chi connectivity index (χ2n) is 11.7. The van der Waals surface area contributed by atoms with Gasteiger partial charge in [-0.2, -0.15) is 39.5 Å². The number of anilines is 1. The van der Waals surface area contributed by atoms with Crippen LogP contribution in [0.3, 0.4) is 0 Å². The van der Waals surface area contributed by atoms with Gasteiger partial charge in [-0.1, -0.05) is 20.8 Å². The van der Waals surface area contributed by atoms with Crippen molar-refractivity contribution >= 4 is 17.9 Å². The number of nitrogens with zero attached hydrogens (tertiary/aromatic N) is 2. The molecule has 0 bridgehead atoms. The van der Waals surface area contributed by atoms with E-state index < -0.39 is 83.1 Å². The molecule has 0 unspecified atom stereocenters. The van der Waals surface area contributed by atoms with Crippen molar-refractivity contribution in [1.82, 2.24) is 4.90 Å². The minimum atomic E-state index is -5.18. The molecule has 0 saturated carbocycles. The zero-order chi connectivity index (χ0) is 33.6. The number of fused-ring (bicyclic) bond motifs is 1. The third kappa shape index (κ3) is 7.70. The van der Waals surface area contributed by atoms with E-state index in [0.717, 1.165) is 29.0 Å². The molecule has 1 aliphatic heterocycles. The van der Waals surface area contributed by atoms with Crippen LogP contribution in [-0.2, 0) is 34.5 Å². The highest BCUT2D eigenvalue weighted by molar-refractivity contribution is 5.91. The molecule has 0 aliphatic carbocycles. The Morgan fingerprint density at radius 2 is 1.39 bits per heavy atom. The molecule has 0 spiro atoms. The summed E-state index contributed by atoms with van der Waals surface area (Å²) in [4.78, 5) is 28.3. The quantitative estimate of drug-likeness (QED) is 0.312. The van der Waals surface area contributed by atoms with Crippen molar-refractivity contribution in [2.75, 3.05) is 12.0 Å². The topological polar surface area (TPSA) is 59.1 Å². The summed E-state index contributed by atoms with van der Waals surface area (Å²) in [7, 11) is 0.909. The number of rotatable bonds is 4. The monoisotopic (exact) mass is 642 g/mol. The number of halogens is 9. The van der Waals surface area contributed by atoms with E-state index in [9.17, 15) is 49.1 Å². The Labute approximate surface area is 247 Å². The number of ether oxygens (including phenoxy) is 2. The lowest BCUT2D eigenvalue weighted by atomic mass is 9.77. The zero-order valence-corrected chi connectivity index (χ0v) is 24.5. The first kappa shape index (κ1) is 34.8. The normalized spacial score (nSPS) is 17.8. The minimum absolute atomic E-state index is 0.0752. The fourth-order valence-corrected chi connectivity index (χ4v) is 5.08. The van der Waals surface area contributed by atoms with Gasteiger partial charge in [-0.05, 0) is 73.2 Å². The lowest BCUT2D eigenvalue weighted by molar-refractivity contribution is -0.143.